The van der Waals surface area contributed by atoms with Gasteiger partial charge in [-0.2, -0.15) is 0 Å². The van der Waals surface area contributed by atoms with Crippen molar-refractivity contribution in [3.63, 3.8) is 0 Å². The second-order valence-electron chi connectivity index (χ2n) is 4.53. The monoisotopic (exact) mass is 262 g/mol. The summed E-state index contributed by atoms with van der Waals surface area (Å²) in [6.45, 7) is 2.04. The molecule has 3 amide bonds. The average Bonchev–Trinajstić information content (AvgIpc) is 2.41. The van der Waals surface area contributed by atoms with Crippen molar-refractivity contribution in [2.75, 3.05) is 11.5 Å². The van der Waals surface area contributed by atoms with Gasteiger partial charge in [-0.3, -0.25) is 10.2 Å². The number of hydrogen-bond acceptors (Lipinski definition) is 4. The molecule has 0 aromatic heterocycles. The molecule has 19 heavy (non-hydrogen) atoms. The predicted octanol–water partition coefficient (Wildman–Crippen LogP) is 0.0255. The third-order valence-corrected chi connectivity index (χ3v) is 3.42. The van der Waals surface area contributed by atoms with Crippen molar-refractivity contribution < 1.29 is 14.3 Å². The molecule has 2 unspecified atom stereocenters. The number of ether oxygens (including phenoxy) is 1. The van der Waals surface area contributed by atoms with E-state index in [4.69, 9.17) is 10.5 Å². The Balaban J connectivity index is 2.06. The number of amides is 3. The molecule has 3 rings (SSSR count). The fourth-order valence-electron chi connectivity index (χ4n) is 2.48. The van der Waals surface area contributed by atoms with E-state index in [9.17, 15) is 9.59 Å². The van der Waals surface area contributed by atoms with E-state index >= 15 is 0 Å². The number of nitrogens with one attached hydrogen (secondary N) is 1. The summed E-state index contributed by atoms with van der Waals surface area (Å²) in [5.41, 5.74) is 8.57. The van der Waals surface area contributed by atoms with Crippen molar-refractivity contribution in [1.82, 2.24) is 10.4 Å². The maximum absolute atomic E-state index is 11.9. The van der Waals surface area contributed by atoms with Gasteiger partial charge in [-0.1, -0.05) is 12.1 Å². The Labute approximate surface area is 109 Å². The fraction of sp³-hybridized carbons (Fsp3) is 0.333. The predicted molar refractivity (Wildman–Crippen MR) is 67.2 cm³/mol. The topological polar surface area (TPSA) is 87.9 Å². The molecule has 1 fully saturated rings. The molecule has 0 bridgehead atoms. The van der Waals surface area contributed by atoms with Crippen molar-refractivity contribution in [2.24, 2.45) is 5.73 Å². The number of para-hydroxylation sites is 2. The SMILES string of the molecule is CC1C(=O)NN(C(N)=O)C2COc3ccccc3N12. The van der Waals surface area contributed by atoms with Crippen LogP contribution in [0.5, 0.6) is 5.75 Å². The Kier molecular flexibility index (Phi) is 2.48. The molecule has 1 saturated heterocycles. The molecule has 2 heterocycles. The van der Waals surface area contributed by atoms with Gasteiger partial charge in [0.15, 0.2) is 6.17 Å². The van der Waals surface area contributed by atoms with Crippen LogP contribution in [-0.2, 0) is 4.79 Å². The van der Waals surface area contributed by atoms with E-state index in [0.29, 0.717) is 5.75 Å². The van der Waals surface area contributed by atoms with E-state index < -0.39 is 18.2 Å². The van der Waals surface area contributed by atoms with Crippen LogP contribution in [-0.4, -0.2) is 35.8 Å². The van der Waals surface area contributed by atoms with Crippen LogP contribution in [0.3, 0.4) is 0 Å². The molecule has 0 aliphatic carbocycles. The first kappa shape index (κ1) is 11.6. The van der Waals surface area contributed by atoms with Crippen LogP contribution < -0.4 is 20.8 Å². The number of benzene rings is 1. The number of nitrogens with two attached hydrogens (primary N) is 1. The van der Waals surface area contributed by atoms with Gasteiger partial charge in [-0.15, -0.1) is 0 Å². The lowest BCUT2D eigenvalue weighted by Gasteiger charge is -2.49. The first-order valence-electron chi connectivity index (χ1n) is 5.99. The van der Waals surface area contributed by atoms with Crippen molar-refractivity contribution in [3.8, 4) is 5.75 Å². The molecule has 1 aromatic rings. The molecule has 2 aliphatic rings. The number of fused-ring (bicyclic) bond motifs is 3. The van der Waals surface area contributed by atoms with E-state index in [1.54, 1.807) is 6.92 Å². The highest BCUT2D eigenvalue weighted by atomic mass is 16.5. The van der Waals surface area contributed by atoms with Gasteiger partial charge < -0.3 is 15.4 Å². The van der Waals surface area contributed by atoms with Gasteiger partial charge in [0.1, 0.15) is 18.4 Å². The van der Waals surface area contributed by atoms with Crippen molar-refractivity contribution in [1.29, 1.82) is 0 Å². The summed E-state index contributed by atoms with van der Waals surface area (Å²) in [6.07, 6.45) is -0.430. The summed E-state index contributed by atoms with van der Waals surface area (Å²) in [4.78, 5) is 25.2. The van der Waals surface area contributed by atoms with Gasteiger partial charge in [0, 0.05) is 0 Å². The van der Waals surface area contributed by atoms with Crippen LogP contribution in [0.25, 0.3) is 0 Å². The standard InChI is InChI=1S/C12H14N4O3/c1-7-11(17)14-16(12(13)18)10-6-19-9-5-3-2-4-8(9)15(7)10/h2-5,7,10H,6H2,1H3,(H2,13,18)(H,14,17). The maximum atomic E-state index is 11.9. The zero-order valence-electron chi connectivity index (χ0n) is 10.4. The van der Waals surface area contributed by atoms with E-state index in [0.717, 1.165) is 10.7 Å². The van der Waals surface area contributed by atoms with Crippen molar-refractivity contribution in [2.45, 2.75) is 19.1 Å². The van der Waals surface area contributed by atoms with Crippen LogP contribution in [0.15, 0.2) is 24.3 Å². The molecule has 3 N–H and O–H groups in total. The number of carbonyl (C=O) groups excluding carboxylic acids is 2. The minimum absolute atomic E-state index is 0.255. The zero-order chi connectivity index (χ0) is 13.6. The molecule has 7 nitrogen and oxygen atoms in total. The Morgan fingerprint density at radius 3 is 2.95 bits per heavy atom. The third-order valence-electron chi connectivity index (χ3n) is 3.42. The fourth-order valence-corrected chi connectivity index (χ4v) is 2.48. The number of urea groups is 1. The number of rotatable bonds is 0. The van der Waals surface area contributed by atoms with Crippen molar-refractivity contribution in [3.05, 3.63) is 24.3 Å². The average molecular weight is 262 g/mol. The number of carbonyl (C=O) groups is 2. The molecule has 1 aromatic carbocycles. The van der Waals surface area contributed by atoms with E-state index in [1.165, 1.54) is 0 Å². The number of hydrazine groups is 1. The summed E-state index contributed by atoms with van der Waals surface area (Å²) in [7, 11) is 0. The molecule has 100 valence electrons. The number of hydrogen-bond donors (Lipinski definition) is 2. The highest BCUT2D eigenvalue weighted by molar-refractivity contribution is 5.90. The number of nitrogens with zero attached hydrogens (tertiary/aromatic N) is 2. The first-order valence-corrected chi connectivity index (χ1v) is 5.99. The highest BCUT2D eigenvalue weighted by Crippen LogP contribution is 2.36. The lowest BCUT2D eigenvalue weighted by Crippen LogP contribution is -2.72. The molecule has 0 radical (unpaired) electrons. The minimum Gasteiger partial charge on any atom is -0.487 e. The van der Waals surface area contributed by atoms with Gasteiger partial charge in [0.05, 0.1) is 5.69 Å². The largest absolute Gasteiger partial charge is 0.487 e. The van der Waals surface area contributed by atoms with Gasteiger partial charge in [0.25, 0.3) is 5.91 Å². The summed E-state index contributed by atoms with van der Waals surface area (Å²) in [5, 5.41) is 1.11. The highest BCUT2D eigenvalue weighted by Gasteiger charge is 2.43. The van der Waals surface area contributed by atoms with Crippen LogP contribution in [0.2, 0.25) is 0 Å². The van der Waals surface area contributed by atoms with Crippen LogP contribution in [0.1, 0.15) is 6.92 Å². The van der Waals surface area contributed by atoms with Crippen molar-refractivity contribution >= 4 is 17.6 Å². The number of primary amides is 1. The van der Waals surface area contributed by atoms with E-state index in [2.05, 4.69) is 5.43 Å². The second kappa shape index (κ2) is 4.04. The van der Waals surface area contributed by atoms with Gasteiger partial charge in [-0.25, -0.2) is 9.80 Å². The van der Waals surface area contributed by atoms with E-state index in [-0.39, 0.29) is 12.5 Å². The summed E-state index contributed by atoms with van der Waals surface area (Å²) < 4.78 is 5.61. The van der Waals surface area contributed by atoms with Crippen LogP contribution >= 0.6 is 0 Å². The molecule has 0 saturated carbocycles. The normalized spacial score (nSPS) is 25.0. The lowest BCUT2D eigenvalue weighted by molar-refractivity contribution is -0.130. The summed E-state index contributed by atoms with van der Waals surface area (Å²) in [5.74, 6) is 0.427. The molecule has 7 heteroatoms. The van der Waals surface area contributed by atoms with Crippen LogP contribution in [0, 0.1) is 0 Å². The van der Waals surface area contributed by atoms with Crippen LogP contribution in [0.4, 0.5) is 10.5 Å². The number of anilines is 1. The summed E-state index contributed by atoms with van der Waals surface area (Å²) in [6, 6.07) is 6.30. The Hall–Kier alpha value is -2.44. The second-order valence-corrected chi connectivity index (χ2v) is 4.53. The van der Waals surface area contributed by atoms with Gasteiger partial charge >= 0.3 is 6.03 Å². The molecular formula is C12H14N4O3. The Morgan fingerprint density at radius 1 is 1.47 bits per heavy atom. The minimum atomic E-state index is -0.710. The molecule has 2 atom stereocenters. The zero-order valence-corrected chi connectivity index (χ0v) is 10.4. The first-order chi connectivity index (χ1) is 9.09. The summed E-state index contributed by atoms with van der Waals surface area (Å²) >= 11 is 0. The lowest BCUT2D eigenvalue weighted by atomic mass is 10.1. The third kappa shape index (κ3) is 1.66. The van der Waals surface area contributed by atoms with E-state index in [1.807, 2.05) is 29.2 Å². The van der Waals surface area contributed by atoms with Gasteiger partial charge in [-0.05, 0) is 19.1 Å². The Bertz CT molecular complexity index is 548. The van der Waals surface area contributed by atoms with Gasteiger partial charge in [0.2, 0.25) is 0 Å². The quantitative estimate of drug-likeness (QED) is 0.690. The Morgan fingerprint density at radius 2 is 2.21 bits per heavy atom. The maximum Gasteiger partial charge on any atom is 0.335 e. The smallest absolute Gasteiger partial charge is 0.335 e. The molecular weight excluding hydrogens is 248 g/mol. The molecule has 2 aliphatic heterocycles. The molecule has 0 spiro atoms.